The van der Waals surface area contributed by atoms with Gasteiger partial charge < -0.3 is 9.67 Å². The minimum Gasteiger partial charge on any atom is -0.481 e. The minimum absolute atomic E-state index is 0.106. The normalized spacial score (nSPS) is 22.3. The van der Waals surface area contributed by atoms with Crippen LogP contribution in [0.3, 0.4) is 0 Å². The van der Waals surface area contributed by atoms with Crippen molar-refractivity contribution in [1.29, 1.82) is 0 Å². The van der Waals surface area contributed by atoms with Gasteiger partial charge in [-0.1, -0.05) is 29.8 Å². The molecule has 4 nitrogen and oxygen atoms in total. The molecule has 1 aromatic carbocycles. The summed E-state index contributed by atoms with van der Waals surface area (Å²) in [5, 5.41) is 10.0. The number of hydrogen-bond donors (Lipinski definition) is 1. The average Bonchev–Trinajstić information content (AvgIpc) is 2.77. The van der Waals surface area contributed by atoms with Gasteiger partial charge in [-0.05, 0) is 25.0 Å². The van der Waals surface area contributed by atoms with Gasteiger partial charge in [0, 0.05) is 13.0 Å². The average molecular weight is 291 g/mol. The zero-order valence-electron chi connectivity index (χ0n) is 11.1. The first kappa shape index (κ1) is 13.2. The number of nitrogens with zero attached hydrogens (tertiary/aromatic N) is 2. The van der Waals surface area contributed by atoms with Crippen LogP contribution in [-0.4, -0.2) is 20.6 Å². The van der Waals surface area contributed by atoms with Crippen molar-refractivity contribution in [2.24, 2.45) is 13.0 Å². The lowest BCUT2D eigenvalue weighted by Crippen LogP contribution is -2.25. The van der Waals surface area contributed by atoms with Gasteiger partial charge in [0.1, 0.15) is 5.82 Å². The fourth-order valence-electron chi connectivity index (χ4n) is 2.94. The second kappa shape index (κ2) is 4.94. The Hall–Kier alpha value is -1.81. The summed E-state index contributed by atoms with van der Waals surface area (Å²) in [5.74, 6) is -0.498. The second-order valence-electron chi connectivity index (χ2n) is 5.13. The van der Waals surface area contributed by atoms with E-state index in [1.165, 1.54) is 0 Å². The third kappa shape index (κ3) is 2.00. The highest BCUT2D eigenvalue weighted by Gasteiger charge is 2.33. The largest absolute Gasteiger partial charge is 0.481 e. The highest BCUT2D eigenvalue weighted by atomic mass is 35.5. The Balaban J connectivity index is 2.14. The number of carbonyl (C=O) groups is 1. The third-order valence-electron chi connectivity index (χ3n) is 3.96. The number of allylic oxidation sites excluding steroid dienone is 2. The van der Waals surface area contributed by atoms with Crippen molar-refractivity contribution in [1.82, 2.24) is 9.55 Å². The van der Waals surface area contributed by atoms with E-state index < -0.39 is 11.9 Å². The molecule has 0 saturated heterocycles. The first-order valence-corrected chi connectivity index (χ1v) is 6.96. The Morgan fingerprint density at radius 3 is 2.85 bits per heavy atom. The SMILES string of the molecule is Cn1c(C2CC=CCC2C(=O)O)nc2cccc(Cl)c21. The Morgan fingerprint density at radius 2 is 2.15 bits per heavy atom. The number of hydrogen-bond acceptors (Lipinski definition) is 2. The third-order valence-corrected chi connectivity index (χ3v) is 4.27. The number of fused-ring (bicyclic) bond motifs is 1. The Bertz CT molecular complexity index is 705. The number of carboxylic acid groups (broad SMARTS) is 1. The fraction of sp³-hybridized carbons (Fsp3) is 0.333. The lowest BCUT2D eigenvalue weighted by molar-refractivity contribution is -0.142. The topological polar surface area (TPSA) is 55.1 Å². The number of benzene rings is 1. The second-order valence-corrected chi connectivity index (χ2v) is 5.54. The number of aliphatic carboxylic acids is 1. The van der Waals surface area contributed by atoms with Crippen molar-refractivity contribution in [3.05, 3.63) is 41.2 Å². The van der Waals surface area contributed by atoms with Gasteiger partial charge in [0.15, 0.2) is 0 Å². The summed E-state index contributed by atoms with van der Waals surface area (Å²) in [6.07, 6.45) is 5.22. The maximum atomic E-state index is 11.4. The Labute approximate surface area is 121 Å². The van der Waals surface area contributed by atoms with Crippen molar-refractivity contribution in [2.45, 2.75) is 18.8 Å². The highest BCUT2D eigenvalue weighted by molar-refractivity contribution is 6.35. The van der Waals surface area contributed by atoms with Gasteiger partial charge in [-0.3, -0.25) is 4.79 Å². The quantitative estimate of drug-likeness (QED) is 0.863. The number of aromatic nitrogens is 2. The zero-order chi connectivity index (χ0) is 14.3. The standard InChI is InChI=1S/C15H15ClN2O2/c1-18-13-11(16)7-4-8-12(13)17-14(18)9-5-2-3-6-10(9)15(19)20/h2-4,7-10H,5-6H2,1H3,(H,19,20). The molecule has 2 aromatic rings. The van der Waals surface area contributed by atoms with E-state index in [4.69, 9.17) is 11.6 Å². The van der Waals surface area contributed by atoms with Crippen LogP contribution in [0.1, 0.15) is 24.6 Å². The van der Waals surface area contributed by atoms with Gasteiger partial charge in [-0.15, -0.1) is 0 Å². The van der Waals surface area contributed by atoms with Gasteiger partial charge in [0.25, 0.3) is 0 Å². The minimum atomic E-state index is -0.766. The number of rotatable bonds is 2. The molecule has 1 aliphatic rings. The molecule has 2 atom stereocenters. The van der Waals surface area contributed by atoms with Crippen LogP contribution < -0.4 is 0 Å². The van der Waals surface area contributed by atoms with Crippen LogP contribution in [0, 0.1) is 5.92 Å². The number of para-hydroxylation sites is 1. The Kier molecular flexibility index (Phi) is 3.26. The molecule has 0 bridgehead atoms. The summed E-state index contributed by atoms with van der Waals surface area (Å²) in [5.41, 5.74) is 1.68. The maximum Gasteiger partial charge on any atom is 0.307 e. The van der Waals surface area contributed by atoms with Gasteiger partial charge in [0.05, 0.1) is 22.0 Å². The van der Waals surface area contributed by atoms with Gasteiger partial charge in [-0.2, -0.15) is 0 Å². The summed E-state index contributed by atoms with van der Waals surface area (Å²) < 4.78 is 1.93. The van der Waals surface area contributed by atoms with Crippen molar-refractivity contribution < 1.29 is 9.90 Å². The molecule has 0 amide bonds. The van der Waals surface area contributed by atoms with Gasteiger partial charge in [-0.25, -0.2) is 4.98 Å². The summed E-state index contributed by atoms with van der Waals surface area (Å²) in [7, 11) is 1.90. The van der Waals surface area contributed by atoms with E-state index in [9.17, 15) is 9.90 Å². The zero-order valence-corrected chi connectivity index (χ0v) is 11.8. The van der Waals surface area contributed by atoms with Gasteiger partial charge >= 0.3 is 5.97 Å². The van der Waals surface area contributed by atoms with E-state index in [1.54, 1.807) is 0 Å². The molecule has 0 radical (unpaired) electrons. The van der Waals surface area contributed by atoms with Crippen LogP contribution in [0.4, 0.5) is 0 Å². The monoisotopic (exact) mass is 290 g/mol. The molecule has 20 heavy (non-hydrogen) atoms. The van der Waals surface area contributed by atoms with Crippen LogP contribution in [-0.2, 0) is 11.8 Å². The molecule has 5 heteroatoms. The van der Waals surface area contributed by atoms with Crippen LogP contribution >= 0.6 is 11.6 Å². The first-order chi connectivity index (χ1) is 9.59. The molecule has 1 aliphatic carbocycles. The van der Waals surface area contributed by atoms with Crippen LogP contribution in [0.5, 0.6) is 0 Å². The molecule has 1 N–H and O–H groups in total. The fourth-order valence-corrected chi connectivity index (χ4v) is 3.24. The summed E-state index contributed by atoms with van der Waals surface area (Å²) in [6.45, 7) is 0. The Morgan fingerprint density at radius 1 is 1.40 bits per heavy atom. The molecule has 104 valence electrons. The number of halogens is 1. The van der Waals surface area contributed by atoms with Crippen LogP contribution in [0.25, 0.3) is 11.0 Å². The smallest absolute Gasteiger partial charge is 0.307 e. The van der Waals surface area contributed by atoms with E-state index >= 15 is 0 Å². The number of carboxylic acids is 1. The van der Waals surface area contributed by atoms with Gasteiger partial charge in [0.2, 0.25) is 0 Å². The van der Waals surface area contributed by atoms with E-state index in [-0.39, 0.29) is 5.92 Å². The van der Waals surface area contributed by atoms with E-state index in [0.29, 0.717) is 17.9 Å². The van der Waals surface area contributed by atoms with Crippen LogP contribution in [0.2, 0.25) is 5.02 Å². The first-order valence-electron chi connectivity index (χ1n) is 6.58. The molecule has 2 unspecified atom stereocenters. The van der Waals surface area contributed by atoms with E-state index in [0.717, 1.165) is 16.9 Å². The maximum absolute atomic E-state index is 11.4. The molecular weight excluding hydrogens is 276 g/mol. The predicted molar refractivity (Wildman–Crippen MR) is 78.0 cm³/mol. The molecular formula is C15H15ClN2O2. The van der Waals surface area contributed by atoms with Crippen molar-refractivity contribution in [3.63, 3.8) is 0 Å². The lowest BCUT2D eigenvalue weighted by atomic mass is 9.82. The number of imidazole rings is 1. The lowest BCUT2D eigenvalue weighted by Gasteiger charge is -2.24. The molecule has 0 spiro atoms. The molecule has 3 rings (SSSR count). The highest BCUT2D eigenvalue weighted by Crippen LogP contribution is 2.36. The number of aryl methyl sites for hydroxylation is 1. The van der Waals surface area contributed by atoms with Crippen molar-refractivity contribution in [3.8, 4) is 0 Å². The molecule has 0 saturated carbocycles. The molecule has 1 aromatic heterocycles. The molecule has 0 fully saturated rings. The predicted octanol–water partition coefficient (Wildman–Crippen LogP) is 3.36. The summed E-state index contributed by atoms with van der Waals surface area (Å²) in [6, 6.07) is 5.58. The van der Waals surface area contributed by atoms with E-state index in [2.05, 4.69) is 4.98 Å². The summed E-state index contributed by atoms with van der Waals surface area (Å²) >= 11 is 6.22. The summed E-state index contributed by atoms with van der Waals surface area (Å²) in [4.78, 5) is 16.0. The molecule has 1 heterocycles. The van der Waals surface area contributed by atoms with E-state index in [1.807, 2.05) is 42.0 Å². The van der Waals surface area contributed by atoms with Crippen LogP contribution in [0.15, 0.2) is 30.4 Å². The van der Waals surface area contributed by atoms with Crippen molar-refractivity contribution in [2.75, 3.05) is 0 Å². The molecule has 0 aliphatic heterocycles. The van der Waals surface area contributed by atoms with Crippen molar-refractivity contribution >= 4 is 28.6 Å².